The van der Waals surface area contributed by atoms with Crippen molar-refractivity contribution in [2.45, 2.75) is 0 Å². The number of hydrogen-bond donors (Lipinski definition) is 6. The van der Waals surface area contributed by atoms with E-state index in [0.29, 0.717) is 33.2 Å². The van der Waals surface area contributed by atoms with Crippen molar-refractivity contribution < 1.29 is 24.6 Å². The summed E-state index contributed by atoms with van der Waals surface area (Å²) < 4.78 is 0. The molecule has 2 aromatic carbocycles. The van der Waals surface area contributed by atoms with Crippen molar-refractivity contribution in [3.05, 3.63) is 59.9 Å². The number of aromatic nitrogens is 2. The summed E-state index contributed by atoms with van der Waals surface area (Å²) in [5.74, 6) is -2.20. The number of carboxylic acid groups (broad SMARTS) is 2. The van der Waals surface area contributed by atoms with Crippen molar-refractivity contribution in [1.82, 2.24) is 9.97 Å². The third-order valence-corrected chi connectivity index (χ3v) is 4.27. The number of rotatable bonds is 4. The third-order valence-electron chi connectivity index (χ3n) is 4.27. The number of urea groups is 1. The summed E-state index contributed by atoms with van der Waals surface area (Å²) in [5, 5.41) is 24.9. The van der Waals surface area contributed by atoms with Gasteiger partial charge in [-0.1, -0.05) is 24.3 Å². The number of H-pyrrole nitrogens is 2. The molecule has 4 aromatic rings. The lowest BCUT2D eigenvalue weighted by Gasteiger charge is -2.09. The zero-order valence-corrected chi connectivity index (χ0v) is 14.2. The molecule has 0 aliphatic carbocycles. The first-order valence-electron chi connectivity index (χ1n) is 8.20. The molecule has 6 N–H and O–H groups in total. The van der Waals surface area contributed by atoms with E-state index in [1.165, 1.54) is 12.1 Å². The van der Waals surface area contributed by atoms with Gasteiger partial charge >= 0.3 is 18.0 Å². The summed E-state index contributed by atoms with van der Waals surface area (Å²) in [6, 6.07) is 12.5. The summed E-state index contributed by atoms with van der Waals surface area (Å²) >= 11 is 0. The first kappa shape index (κ1) is 17.2. The monoisotopic (exact) mass is 378 g/mol. The Hall–Kier alpha value is -4.27. The highest BCUT2D eigenvalue weighted by Crippen LogP contribution is 2.26. The van der Waals surface area contributed by atoms with Gasteiger partial charge in [-0.15, -0.1) is 0 Å². The van der Waals surface area contributed by atoms with E-state index in [-0.39, 0.29) is 11.4 Å². The Bertz CT molecular complexity index is 1160. The number of aromatic amines is 2. The van der Waals surface area contributed by atoms with Gasteiger partial charge in [0.2, 0.25) is 0 Å². The Morgan fingerprint density at radius 2 is 1.14 bits per heavy atom. The second-order valence-corrected chi connectivity index (χ2v) is 6.10. The predicted molar refractivity (Wildman–Crippen MR) is 103 cm³/mol. The number of carboxylic acids is 2. The van der Waals surface area contributed by atoms with Gasteiger partial charge in [0.15, 0.2) is 0 Å². The smallest absolute Gasteiger partial charge is 0.352 e. The zero-order valence-electron chi connectivity index (χ0n) is 14.2. The van der Waals surface area contributed by atoms with Crippen molar-refractivity contribution in [2.24, 2.45) is 0 Å². The molecule has 2 aromatic heterocycles. The van der Waals surface area contributed by atoms with E-state index < -0.39 is 18.0 Å². The second-order valence-electron chi connectivity index (χ2n) is 6.10. The minimum Gasteiger partial charge on any atom is -0.477 e. The number of amides is 2. The Balaban J connectivity index is 1.62. The van der Waals surface area contributed by atoms with Crippen LogP contribution in [0.15, 0.2) is 48.5 Å². The zero-order chi connectivity index (χ0) is 19.8. The quantitative estimate of drug-likeness (QED) is 0.320. The first-order valence-corrected chi connectivity index (χ1v) is 8.20. The number of carbonyl (C=O) groups is 3. The van der Waals surface area contributed by atoms with E-state index in [2.05, 4.69) is 20.6 Å². The van der Waals surface area contributed by atoms with E-state index in [9.17, 15) is 14.4 Å². The van der Waals surface area contributed by atoms with E-state index >= 15 is 0 Å². The van der Waals surface area contributed by atoms with Crippen LogP contribution in [0.5, 0.6) is 0 Å². The molecule has 2 amide bonds. The first-order chi connectivity index (χ1) is 13.4. The SMILES string of the molecule is O=C(Nc1cccc2cc(C(=O)O)[nH]c12)Nc1cccc2cc(C(=O)O)[nH]c12. The van der Waals surface area contributed by atoms with Gasteiger partial charge < -0.3 is 30.8 Å². The fourth-order valence-electron chi connectivity index (χ4n) is 3.03. The van der Waals surface area contributed by atoms with Gasteiger partial charge in [0.25, 0.3) is 0 Å². The molecule has 0 bridgehead atoms. The normalized spacial score (nSPS) is 10.9. The topological polar surface area (TPSA) is 147 Å². The van der Waals surface area contributed by atoms with Crippen molar-refractivity contribution in [2.75, 3.05) is 10.6 Å². The minimum absolute atomic E-state index is 0.0158. The molecule has 0 aliphatic rings. The maximum atomic E-state index is 12.5. The van der Waals surface area contributed by atoms with Crippen molar-refractivity contribution in [3.63, 3.8) is 0 Å². The lowest BCUT2D eigenvalue weighted by Crippen LogP contribution is -2.19. The highest BCUT2D eigenvalue weighted by molar-refractivity contribution is 6.09. The molecule has 0 radical (unpaired) electrons. The number of carbonyl (C=O) groups excluding carboxylic acids is 1. The Kier molecular flexibility index (Phi) is 3.96. The van der Waals surface area contributed by atoms with E-state index in [4.69, 9.17) is 10.2 Å². The van der Waals surface area contributed by atoms with E-state index in [1.807, 2.05) is 0 Å². The molecule has 2 heterocycles. The van der Waals surface area contributed by atoms with E-state index in [0.717, 1.165) is 0 Å². The fourth-order valence-corrected chi connectivity index (χ4v) is 3.03. The van der Waals surface area contributed by atoms with Crippen molar-refractivity contribution in [3.8, 4) is 0 Å². The number of para-hydroxylation sites is 2. The average Bonchev–Trinajstić information content (AvgIpc) is 3.27. The average molecular weight is 378 g/mol. The summed E-state index contributed by atoms with van der Waals surface area (Å²) in [5.41, 5.74) is 1.83. The number of benzene rings is 2. The van der Waals surface area contributed by atoms with Gasteiger partial charge in [-0.2, -0.15) is 0 Å². The molecule has 0 saturated heterocycles. The fraction of sp³-hybridized carbons (Fsp3) is 0. The molecular formula is C19H14N4O5. The van der Waals surface area contributed by atoms with Gasteiger partial charge in [-0.25, -0.2) is 14.4 Å². The van der Waals surface area contributed by atoms with E-state index in [1.54, 1.807) is 36.4 Å². The second kappa shape index (κ2) is 6.47. The van der Waals surface area contributed by atoms with Gasteiger partial charge in [0.1, 0.15) is 11.4 Å². The lowest BCUT2D eigenvalue weighted by molar-refractivity contribution is 0.0681. The summed E-state index contributed by atoms with van der Waals surface area (Å²) in [6.07, 6.45) is 0. The highest BCUT2D eigenvalue weighted by Gasteiger charge is 2.14. The molecule has 9 nitrogen and oxygen atoms in total. The molecule has 28 heavy (non-hydrogen) atoms. The van der Waals surface area contributed by atoms with Crippen LogP contribution in [-0.2, 0) is 0 Å². The van der Waals surface area contributed by atoms with Crippen LogP contribution in [0, 0.1) is 0 Å². The largest absolute Gasteiger partial charge is 0.477 e. The number of fused-ring (bicyclic) bond motifs is 2. The molecule has 4 rings (SSSR count). The Labute approximate surface area is 157 Å². The molecule has 140 valence electrons. The molecule has 9 heteroatoms. The molecule has 0 aliphatic heterocycles. The van der Waals surface area contributed by atoms with Crippen LogP contribution in [0.3, 0.4) is 0 Å². The lowest BCUT2D eigenvalue weighted by atomic mass is 10.2. The van der Waals surface area contributed by atoms with Crippen LogP contribution in [0.25, 0.3) is 21.8 Å². The maximum Gasteiger partial charge on any atom is 0.352 e. The summed E-state index contributed by atoms with van der Waals surface area (Å²) in [7, 11) is 0. The maximum absolute atomic E-state index is 12.5. The number of aromatic carboxylic acids is 2. The van der Waals surface area contributed by atoms with Crippen LogP contribution in [-0.4, -0.2) is 38.2 Å². The third kappa shape index (κ3) is 3.01. The van der Waals surface area contributed by atoms with Crippen LogP contribution >= 0.6 is 0 Å². The Morgan fingerprint density at radius 3 is 1.54 bits per heavy atom. The van der Waals surface area contributed by atoms with Gasteiger partial charge in [0.05, 0.1) is 22.4 Å². The van der Waals surface area contributed by atoms with Crippen molar-refractivity contribution >= 4 is 51.2 Å². The number of nitrogens with one attached hydrogen (secondary N) is 4. The minimum atomic E-state index is -1.10. The summed E-state index contributed by atoms with van der Waals surface area (Å²) in [6.45, 7) is 0. The highest BCUT2D eigenvalue weighted by atomic mass is 16.4. The number of anilines is 2. The molecule has 0 saturated carbocycles. The number of hydrogen-bond acceptors (Lipinski definition) is 3. The van der Waals surface area contributed by atoms with Crippen LogP contribution < -0.4 is 10.6 Å². The standard InChI is InChI=1S/C19H14N4O5/c24-17(25)13-7-9-3-1-5-11(15(9)20-13)22-19(28)23-12-6-2-4-10-8-14(18(26)27)21-16(10)12/h1-8,20-21H,(H,24,25)(H,26,27)(H2,22,23,28). The van der Waals surface area contributed by atoms with Crippen LogP contribution in [0.4, 0.5) is 16.2 Å². The molecule has 0 spiro atoms. The van der Waals surface area contributed by atoms with Gasteiger partial charge in [0, 0.05) is 10.8 Å². The van der Waals surface area contributed by atoms with Crippen LogP contribution in [0.2, 0.25) is 0 Å². The van der Waals surface area contributed by atoms with Gasteiger partial charge in [-0.3, -0.25) is 0 Å². The van der Waals surface area contributed by atoms with Crippen molar-refractivity contribution in [1.29, 1.82) is 0 Å². The molecule has 0 fully saturated rings. The molecule has 0 atom stereocenters. The summed E-state index contributed by atoms with van der Waals surface area (Å²) in [4.78, 5) is 40.3. The predicted octanol–water partition coefficient (Wildman–Crippen LogP) is 3.69. The van der Waals surface area contributed by atoms with Gasteiger partial charge in [-0.05, 0) is 24.3 Å². The van der Waals surface area contributed by atoms with Crippen LogP contribution in [0.1, 0.15) is 21.0 Å². The molecular weight excluding hydrogens is 364 g/mol. The molecule has 0 unspecified atom stereocenters. The Morgan fingerprint density at radius 1 is 0.714 bits per heavy atom.